The molecule has 0 saturated carbocycles. The quantitative estimate of drug-likeness (QED) is 0.491. The summed E-state index contributed by atoms with van der Waals surface area (Å²) in [6, 6.07) is 16.2. The van der Waals surface area contributed by atoms with Crippen molar-refractivity contribution in [2.45, 2.75) is 12.5 Å². The Hall–Kier alpha value is -3.65. The Morgan fingerprint density at radius 3 is 2.69 bits per heavy atom. The number of carbonyl (C=O) groups is 1. The molecule has 164 valence electrons. The first-order chi connectivity index (χ1) is 15.5. The number of anilines is 1. The van der Waals surface area contributed by atoms with E-state index < -0.39 is 0 Å². The number of aromatic hydroxyl groups is 1. The largest absolute Gasteiger partial charge is 0.507 e. The fraction of sp³-hybridized carbons (Fsp3) is 0.174. The fourth-order valence-corrected chi connectivity index (χ4v) is 3.60. The summed E-state index contributed by atoms with van der Waals surface area (Å²) in [7, 11) is 0. The highest BCUT2D eigenvalue weighted by atomic mass is 35.5. The molecule has 0 unspecified atom stereocenters. The third kappa shape index (κ3) is 5.15. The van der Waals surface area contributed by atoms with Gasteiger partial charge >= 0.3 is 0 Å². The van der Waals surface area contributed by atoms with E-state index in [-0.39, 0.29) is 29.1 Å². The monoisotopic (exact) mass is 453 g/mol. The van der Waals surface area contributed by atoms with Gasteiger partial charge in [-0.3, -0.25) is 4.79 Å². The second-order valence-corrected chi connectivity index (χ2v) is 7.72. The minimum atomic E-state index is -0.306. The van der Waals surface area contributed by atoms with Crippen LogP contribution in [0.1, 0.15) is 16.8 Å². The minimum Gasteiger partial charge on any atom is -0.507 e. The maximum Gasteiger partial charge on any atom is 0.255 e. The minimum absolute atomic E-state index is 0.0112. The molecule has 0 bridgehead atoms. The predicted octanol–water partition coefficient (Wildman–Crippen LogP) is 3.92. The summed E-state index contributed by atoms with van der Waals surface area (Å²) in [6.45, 7) is 1.46. The number of halogens is 2. The predicted molar refractivity (Wildman–Crippen MR) is 121 cm³/mol. The topological polar surface area (TPSA) is 82.8 Å². The number of hydrogen-bond donors (Lipinski definition) is 2. The molecule has 5 rings (SSSR count). The molecule has 1 atom stereocenters. The molecule has 0 spiro atoms. The normalized spacial score (nSPS) is 15.3. The number of hydrogen-bond acceptors (Lipinski definition) is 5. The van der Waals surface area contributed by atoms with Crippen molar-refractivity contribution in [2.75, 3.05) is 18.0 Å². The van der Waals surface area contributed by atoms with Crippen LogP contribution in [0.3, 0.4) is 0 Å². The highest BCUT2D eigenvalue weighted by Crippen LogP contribution is 2.23. The molecule has 9 heteroatoms. The van der Waals surface area contributed by atoms with Crippen LogP contribution in [0.2, 0.25) is 5.02 Å². The van der Waals surface area contributed by atoms with Gasteiger partial charge in [0.1, 0.15) is 17.4 Å². The summed E-state index contributed by atoms with van der Waals surface area (Å²) in [5.41, 5.74) is 1.02. The molecule has 2 aromatic heterocycles. The number of phenols is 1. The van der Waals surface area contributed by atoms with Crippen molar-refractivity contribution in [3.05, 3.63) is 89.5 Å². The van der Waals surface area contributed by atoms with E-state index in [1.807, 2.05) is 12.1 Å². The first-order valence-corrected chi connectivity index (χ1v) is 10.4. The third-order valence-electron chi connectivity index (χ3n) is 5.03. The van der Waals surface area contributed by atoms with Crippen molar-refractivity contribution < 1.29 is 14.3 Å². The molecule has 7 nitrogen and oxygen atoms in total. The van der Waals surface area contributed by atoms with Crippen molar-refractivity contribution >= 4 is 29.0 Å². The van der Waals surface area contributed by atoms with Crippen molar-refractivity contribution in [1.29, 1.82) is 0 Å². The third-order valence-corrected chi connectivity index (χ3v) is 5.26. The smallest absolute Gasteiger partial charge is 0.255 e. The Morgan fingerprint density at radius 2 is 1.97 bits per heavy atom. The number of imidazole rings is 1. The van der Waals surface area contributed by atoms with Crippen LogP contribution in [-0.2, 0) is 0 Å². The molecular weight excluding hydrogens is 433 g/mol. The van der Waals surface area contributed by atoms with E-state index >= 15 is 0 Å². The standard InChI is InChI=1S/C17H16ClN5O2.C6H5F/c18-11-1-2-13(14(24)9-11)17(25)20-12-5-7-22(10-12)16-4-3-15-19-6-8-23(15)21-16;7-6-4-2-1-3-5-6/h1-4,6,8-9,12,24H,5,7,10H2,(H,20,25);1-5H/t12-;/m0./s1. The number of fused-ring (bicyclic) bond motifs is 1. The maximum atomic E-state index is 12.4. The molecule has 3 heterocycles. The van der Waals surface area contributed by atoms with Crippen molar-refractivity contribution in [3.8, 4) is 5.75 Å². The van der Waals surface area contributed by atoms with Gasteiger partial charge in [-0.05, 0) is 48.9 Å². The van der Waals surface area contributed by atoms with Crippen LogP contribution in [0.15, 0.2) is 73.1 Å². The number of phenolic OH excluding ortho intramolecular Hbond substituents is 1. The Balaban J connectivity index is 0.000000300. The van der Waals surface area contributed by atoms with Crippen molar-refractivity contribution in [1.82, 2.24) is 19.9 Å². The molecule has 1 fully saturated rings. The van der Waals surface area contributed by atoms with Crippen LogP contribution in [0.4, 0.5) is 10.2 Å². The molecule has 1 aliphatic rings. The first-order valence-electron chi connectivity index (χ1n) is 10.0. The van der Waals surface area contributed by atoms with Crippen LogP contribution in [0.25, 0.3) is 5.65 Å². The second kappa shape index (κ2) is 9.65. The zero-order chi connectivity index (χ0) is 22.5. The molecule has 0 aliphatic carbocycles. The van der Waals surface area contributed by atoms with Gasteiger partial charge in [-0.1, -0.05) is 29.8 Å². The summed E-state index contributed by atoms with van der Waals surface area (Å²) in [5.74, 6) is 0.241. The average Bonchev–Trinajstić information content (AvgIpc) is 3.43. The van der Waals surface area contributed by atoms with E-state index in [1.165, 1.54) is 24.3 Å². The SMILES string of the molecule is Fc1ccccc1.O=C(N[C@H]1CCN(c2ccc3nccn3n2)C1)c1ccc(Cl)cc1O. The van der Waals surface area contributed by atoms with Crippen molar-refractivity contribution in [2.24, 2.45) is 0 Å². The molecule has 4 aromatic rings. The lowest BCUT2D eigenvalue weighted by molar-refractivity contribution is 0.0937. The number of nitrogens with zero attached hydrogens (tertiary/aromatic N) is 4. The van der Waals surface area contributed by atoms with Crippen LogP contribution in [-0.4, -0.2) is 44.7 Å². The highest BCUT2D eigenvalue weighted by Gasteiger charge is 2.26. The summed E-state index contributed by atoms with van der Waals surface area (Å²) in [5, 5.41) is 17.7. The molecule has 32 heavy (non-hydrogen) atoms. The van der Waals surface area contributed by atoms with Gasteiger partial charge in [-0.15, -0.1) is 5.10 Å². The lowest BCUT2D eigenvalue weighted by Gasteiger charge is -2.18. The molecule has 1 saturated heterocycles. The molecule has 1 amide bonds. The zero-order valence-electron chi connectivity index (χ0n) is 17.0. The van der Waals surface area contributed by atoms with Crippen molar-refractivity contribution in [3.63, 3.8) is 0 Å². The lowest BCUT2D eigenvalue weighted by atomic mass is 10.1. The van der Waals surface area contributed by atoms with Gasteiger partial charge < -0.3 is 15.3 Å². The Labute approximate surface area is 189 Å². The Kier molecular flexibility index (Phi) is 6.51. The maximum absolute atomic E-state index is 12.4. The Bertz CT molecular complexity index is 1220. The second-order valence-electron chi connectivity index (χ2n) is 7.28. The summed E-state index contributed by atoms with van der Waals surface area (Å²) < 4.78 is 13.6. The number of amides is 1. The van der Waals surface area contributed by atoms with Crippen LogP contribution in [0.5, 0.6) is 5.75 Å². The number of carbonyl (C=O) groups excluding carboxylic acids is 1. The van der Waals surface area contributed by atoms with E-state index in [4.69, 9.17) is 11.6 Å². The fourth-order valence-electron chi connectivity index (χ4n) is 3.43. The van der Waals surface area contributed by atoms with E-state index in [0.717, 1.165) is 24.4 Å². The van der Waals surface area contributed by atoms with Gasteiger partial charge in [0, 0.05) is 36.5 Å². The number of aromatic nitrogens is 3. The number of rotatable bonds is 3. The van der Waals surface area contributed by atoms with E-state index in [2.05, 4.69) is 20.3 Å². The molecule has 2 aromatic carbocycles. The first kappa shape index (κ1) is 21.6. The average molecular weight is 454 g/mol. The van der Waals surface area contributed by atoms with Gasteiger partial charge in [-0.25, -0.2) is 13.9 Å². The van der Waals surface area contributed by atoms with E-state index in [9.17, 15) is 14.3 Å². The Morgan fingerprint density at radius 1 is 1.16 bits per heavy atom. The van der Waals surface area contributed by atoms with E-state index in [1.54, 1.807) is 41.2 Å². The molecule has 2 N–H and O–H groups in total. The highest BCUT2D eigenvalue weighted by molar-refractivity contribution is 6.30. The summed E-state index contributed by atoms with van der Waals surface area (Å²) in [6.07, 6.45) is 4.32. The summed E-state index contributed by atoms with van der Waals surface area (Å²) >= 11 is 5.80. The van der Waals surface area contributed by atoms with Gasteiger partial charge in [0.2, 0.25) is 0 Å². The van der Waals surface area contributed by atoms with Gasteiger partial charge in [0.15, 0.2) is 5.65 Å². The summed E-state index contributed by atoms with van der Waals surface area (Å²) in [4.78, 5) is 18.7. The van der Waals surface area contributed by atoms with Crippen LogP contribution >= 0.6 is 11.6 Å². The van der Waals surface area contributed by atoms with Gasteiger partial charge in [0.25, 0.3) is 5.91 Å². The van der Waals surface area contributed by atoms with Gasteiger partial charge in [0.05, 0.1) is 5.56 Å². The number of benzene rings is 2. The lowest BCUT2D eigenvalue weighted by Crippen LogP contribution is -2.37. The zero-order valence-corrected chi connectivity index (χ0v) is 17.8. The van der Waals surface area contributed by atoms with Gasteiger partial charge in [-0.2, -0.15) is 0 Å². The van der Waals surface area contributed by atoms with E-state index in [0.29, 0.717) is 11.6 Å². The molecular formula is C23H21ClFN5O2. The molecule has 1 aliphatic heterocycles. The van der Waals surface area contributed by atoms with Crippen LogP contribution < -0.4 is 10.2 Å². The molecule has 0 radical (unpaired) electrons. The van der Waals surface area contributed by atoms with Crippen LogP contribution in [0, 0.1) is 5.82 Å². The number of nitrogens with one attached hydrogen (secondary N) is 1.